The van der Waals surface area contributed by atoms with Gasteiger partial charge < -0.3 is 31.4 Å². The highest BCUT2D eigenvalue weighted by molar-refractivity contribution is 5.75. The predicted octanol–water partition coefficient (Wildman–Crippen LogP) is -0.306. The summed E-state index contributed by atoms with van der Waals surface area (Å²) in [5.74, 6) is 0.751. The Bertz CT molecular complexity index is 901. The van der Waals surface area contributed by atoms with Crippen molar-refractivity contribution < 1.29 is 22.3 Å². The molecule has 3 rings (SSSR count). The average molecular weight is 361 g/mol. The van der Waals surface area contributed by atoms with E-state index in [4.69, 9.17) is 10.1 Å². The van der Waals surface area contributed by atoms with Crippen LogP contribution in [0.5, 0.6) is 5.75 Å². The van der Waals surface area contributed by atoms with E-state index in [1.165, 1.54) is 0 Å². The van der Waals surface area contributed by atoms with Gasteiger partial charge in [0.2, 0.25) is 5.62 Å². The quantitative estimate of drug-likeness (QED) is 0.633. The van der Waals surface area contributed by atoms with Crippen LogP contribution in [0.1, 0.15) is 12.5 Å². The molecule has 0 fully saturated rings. The van der Waals surface area contributed by atoms with E-state index < -0.39 is 6.10 Å². The van der Waals surface area contributed by atoms with Crippen LogP contribution in [0.4, 0.5) is 0 Å². The van der Waals surface area contributed by atoms with Crippen molar-refractivity contribution in [1.82, 2.24) is 9.13 Å². The molecule has 1 atom stereocenters. The van der Waals surface area contributed by atoms with Crippen molar-refractivity contribution in [2.75, 3.05) is 6.61 Å². The number of aromatic nitrogens is 2. The van der Waals surface area contributed by atoms with E-state index in [2.05, 4.69) is 0 Å². The molecule has 134 valence electrons. The lowest BCUT2D eigenvalue weighted by molar-refractivity contribution is -0.00000725. The molecule has 5 nitrogen and oxygen atoms in total. The van der Waals surface area contributed by atoms with Crippen molar-refractivity contribution in [1.29, 1.82) is 5.41 Å². The number of hydrogen-bond donors (Lipinski definition) is 2. The fourth-order valence-electron chi connectivity index (χ4n) is 2.96. The second-order valence-electron chi connectivity index (χ2n) is 5.95. The first-order valence-corrected chi connectivity index (χ1v) is 8.20. The van der Waals surface area contributed by atoms with Gasteiger partial charge in [0.15, 0.2) is 0 Å². The maximum absolute atomic E-state index is 10.4. The number of ether oxygens (including phenoxy) is 1. The molecule has 0 amide bonds. The van der Waals surface area contributed by atoms with Gasteiger partial charge >= 0.3 is 0 Å². The highest BCUT2D eigenvalue weighted by Gasteiger charge is 2.13. The molecule has 25 heavy (non-hydrogen) atoms. The van der Waals surface area contributed by atoms with E-state index in [1.54, 1.807) is 0 Å². The summed E-state index contributed by atoms with van der Waals surface area (Å²) in [6.07, 6.45) is -0.685. The average Bonchev–Trinajstić information content (AvgIpc) is 2.85. The van der Waals surface area contributed by atoms with Crippen LogP contribution in [0, 0.1) is 12.3 Å². The van der Waals surface area contributed by atoms with E-state index >= 15 is 0 Å². The molecule has 0 aliphatic carbocycles. The first-order valence-electron chi connectivity index (χ1n) is 8.20. The van der Waals surface area contributed by atoms with E-state index in [1.807, 2.05) is 71.5 Å². The minimum absolute atomic E-state index is 0. The topological polar surface area (TPSA) is 63.2 Å². The third-order valence-corrected chi connectivity index (χ3v) is 4.12. The third-order valence-electron chi connectivity index (χ3n) is 4.12. The van der Waals surface area contributed by atoms with Gasteiger partial charge in [0, 0.05) is 6.54 Å². The number of hydrogen-bond acceptors (Lipinski definition) is 3. The Morgan fingerprint density at radius 2 is 1.76 bits per heavy atom. The fourth-order valence-corrected chi connectivity index (χ4v) is 2.96. The zero-order valence-corrected chi connectivity index (χ0v) is 15.2. The number of nitrogens with zero attached hydrogens (tertiary/aromatic N) is 2. The Balaban J connectivity index is 0.00000225. The Kier molecular flexibility index (Phi) is 6.28. The Morgan fingerprint density at radius 1 is 1.08 bits per heavy atom. The molecule has 6 heteroatoms. The fraction of sp³-hybridized carbons (Fsp3) is 0.316. The number of para-hydroxylation sites is 2. The van der Waals surface area contributed by atoms with E-state index in [0.29, 0.717) is 12.2 Å². The Labute approximate surface area is 153 Å². The zero-order valence-electron chi connectivity index (χ0n) is 14.4. The molecule has 3 aromatic rings. The third kappa shape index (κ3) is 4.06. The first kappa shape index (κ1) is 19.1. The summed E-state index contributed by atoms with van der Waals surface area (Å²) >= 11 is 0. The molecule has 1 heterocycles. The van der Waals surface area contributed by atoms with Crippen molar-refractivity contribution in [3.8, 4) is 5.75 Å². The normalized spacial score (nSPS) is 12.0. The molecule has 1 unspecified atom stereocenters. The van der Waals surface area contributed by atoms with Crippen molar-refractivity contribution >= 4 is 11.0 Å². The molecule has 2 N–H and O–H groups in total. The molecule has 1 aromatic heterocycles. The second-order valence-corrected chi connectivity index (χ2v) is 5.95. The summed E-state index contributed by atoms with van der Waals surface area (Å²) in [6.45, 7) is 5.28. The van der Waals surface area contributed by atoms with Gasteiger partial charge in [-0.05, 0) is 43.7 Å². The molecule has 0 spiro atoms. The van der Waals surface area contributed by atoms with Gasteiger partial charge in [0.1, 0.15) is 18.5 Å². The predicted molar refractivity (Wildman–Crippen MR) is 94.1 cm³/mol. The lowest BCUT2D eigenvalue weighted by atomic mass is 10.2. The number of aliphatic hydroxyl groups excluding tert-OH is 1. The van der Waals surface area contributed by atoms with Crippen LogP contribution in [-0.4, -0.2) is 27.0 Å². The summed E-state index contributed by atoms with van der Waals surface area (Å²) in [4.78, 5) is 0. The maximum Gasteiger partial charge on any atom is 0.203 e. The second kappa shape index (κ2) is 8.23. The highest BCUT2D eigenvalue weighted by Crippen LogP contribution is 2.15. The number of aryl methyl sites for hydroxylation is 2. The van der Waals surface area contributed by atoms with Crippen LogP contribution >= 0.6 is 0 Å². The Hall–Kier alpha value is -2.24. The Morgan fingerprint density at radius 3 is 2.40 bits per heavy atom. The first-order chi connectivity index (χ1) is 11.6. The summed E-state index contributed by atoms with van der Waals surface area (Å²) in [5.41, 5.74) is 3.49. The molecule has 0 bridgehead atoms. The number of nitrogens with one attached hydrogen (secondary N) is 1. The van der Waals surface area contributed by atoms with E-state index in [-0.39, 0.29) is 19.0 Å². The molecular weight excluding hydrogens is 338 g/mol. The van der Waals surface area contributed by atoms with Crippen molar-refractivity contribution in [2.45, 2.75) is 33.0 Å². The molecule has 2 aromatic carbocycles. The van der Waals surface area contributed by atoms with Gasteiger partial charge in [-0.1, -0.05) is 24.3 Å². The van der Waals surface area contributed by atoms with Gasteiger partial charge in [-0.25, -0.2) is 0 Å². The smallest absolute Gasteiger partial charge is 0.203 e. The monoisotopic (exact) mass is 360 g/mol. The largest absolute Gasteiger partial charge is 1.00 e. The van der Waals surface area contributed by atoms with Crippen LogP contribution in [0.25, 0.3) is 11.0 Å². The van der Waals surface area contributed by atoms with Crippen LogP contribution in [0.3, 0.4) is 0 Å². The highest BCUT2D eigenvalue weighted by atomic mass is 35.5. The number of benzene rings is 2. The van der Waals surface area contributed by atoms with E-state index in [9.17, 15) is 5.11 Å². The molecule has 0 aliphatic rings. The van der Waals surface area contributed by atoms with Gasteiger partial charge in [-0.15, -0.1) is 0 Å². The minimum atomic E-state index is -0.685. The van der Waals surface area contributed by atoms with Gasteiger partial charge in [0.05, 0.1) is 17.6 Å². The summed E-state index contributed by atoms with van der Waals surface area (Å²) in [6, 6.07) is 15.7. The van der Waals surface area contributed by atoms with Crippen LogP contribution < -0.4 is 22.8 Å². The lowest BCUT2D eigenvalue weighted by Crippen LogP contribution is -3.00. The van der Waals surface area contributed by atoms with Crippen LogP contribution in [0.2, 0.25) is 0 Å². The van der Waals surface area contributed by atoms with Gasteiger partial charge in [-0.2, -0.15) is 0 Å². The summed E-state index contributed by atoms with van der Waals surface area (Å²) in [5, 5.41) is 18.7. The van der Waals surface area contributed by atoms with Crippen molar-refractivity contribution in [3.05, 3.63) is 59.7 Å². The molecule has 0 saturated heterocycles. The van der Waals surface area contributed by atoms with Crippen molar-refractivity contribution in [3.63, 3.8) is 0 Å². The molecule has 0 radical (unpaired) electrons. The number of aliphatic hydroxyl groups is 1. The number of fused-ring (bicyclic) bond motifs is 1. The molecule has 0 aliphatic heterocycles. The van der Waals surface area contributed by atoms with E-state index in [0.717, 1.165) is 28.9 Å². The SMILES string of the molecule is CCn1c(=N)n(CC(O)COc2cccc(C)c2)c2ccccc21.[Cl-]. The molecule has 0 saturated carbocycles. The zero-order chi connectivity index (χ0) is 17.1. The number of rotatable bonds is 6. The minimum Gasteiger partial charge on any atom is -1.00 e. The molecular formula is C19H23ClN3O2-. The number of halogens is 1. The van der Waals surface area contributed by atoms with Gasteiger partial charge in [-0.3, -0.25) is 5.41 Å². The van der Waals surface area contributed by atoms with Crippen molar-refractivity contribution in [2.24, 2.45) is 0 Å². The standard InChI is InChI=1S/C19H23N3O2.ClH/c1-3-21-17-9-4-5-10-18(17)22(19(21)20)12-15(23)13-24-16-8-6-7-14(2)11-16;/h4-11,15,20,23H,3,12-13H2,1-2H3;1H/p-1. The number of imidazole rings is 1. The van der Waals surface area contributed by atoms with Crippen LogP contribution in [0.15, 0.2) is 48.5 Å². The van der Waals surface area contributed by atoms with Crippen LogP contribution in [-0.2, 0) is 13.1 Å². The lowest BCUT2D eigenvalue weighted by Gasteiger charge is -2.14. The summed E-state index contributed by atoms with van der Waals surface area (Å²) in [7, 11) is 0. The summed E-state index contributed by atoms with van der Waals surface area (Å²) < 4.78 is 9.44. The van der Waals surface area contributed by atoms with Gasteiger partial charge in [0.25, 0.3) is 0 Å². The maximum atomic E-state index is 10.4.